The Balaban J connectivity index is 1.71. The molecule has 0 aromatic carbocycles. The SMILES string of the molecule is ClC1(Br)C2CCC3C(CCC21)C3(Cl)Br. The summed E-state index contributed by atoms with van der Waals surface area (Å²) >= 11 is 20.0. The fourth-order valence-corrected chi connectivity index (χ4v) is 6.06. The minimum atomic E-state index is -0.0644. The van der Waals surface area contributed by atoms with Gasteiger partial charge in [-0.3, -0.25) is 0 Å². The second-order valence-corrected chi connectivity index (χ2v) is 9.72. The molecule has 4 atom stereocenters. The first-order valence-electron chi connectivity index (χ1n) is 5.21. The lowest BCUT2D eigenvalue weighted by molar-refractivity contribution is 0.468. The van der Waals surface area contributed by atoms with Gasteiger partial charge in [0, 0.05) is 0 Å². The lowest BCUT2D eigenvalue weighted by Gasteiger charge is -2.03. The maximum Gasteiger partial charge on any atom is 0.106 e. The van der Waals surface area contributed by atoms with Gasteiger partial charge in [0.2, 0.25) is 0 Å². The lowest BCUT2D eigenvalue weighted by Crippen LogP contribution is -1.94. The Labute approximate surface area is 111 Å². The largest absolute Gasteiger partial charge is 0.106 e. The van der Waals surface area contributed by atoms with Crippen LogP contribution < -0.4 is 0 Å². The van der Waals surface area contributed by atoms with Crippen molar-refractivity contribution in [2.75, 3.05) is 0 Å². The second kappa shape index (κ2) is 3.05. The van der Waals surface area contributed by atoms with Crippen LogP contribution >= 0.6 is 55.1 Å². The molecule has 0 N–H and O–H groups in total. The third-order valence-electron chi connectivity index (χ3n) is 4.31. The summed E-state index contributed by atoms with van der Waals surface area (Å²) in [6.45, 7) is 0. The molecule has 0 aromatic heterocycles. The molecule has 4 heteroatoms. The molecule has 0 aliphatic heterocycles. The maximum atomic E-state index is 6.36. The van der Waals surface area contributed by atoms with Gasteiger partial charge in [0.1, 0.15) is 7.57 Å². The fraction of sp³-hybridized carbons (Fsp3) is 1.00. The van der Waals surface area contributed by atoms with Crippen LogP contribution in [0.1, 0.15) is 25.7 Å². The van der Waals surface area contributed by atoms with E-state index in [1.807, 2.05) is 0 Å². The van der Waals surface area contributed by atoms with Gasteiger partial charge in [0.25, 0.3) is 0 Å². The van der Waals surface area contributed by atoms with E-state index in [4.69, 9.17) is 23.2 Å². The third kappa shape index (κ3) is 1.36. The van der Waals surface area contributed by atoms with E-state index >= 15 is 0 Å². The quantitative estimate of drug-likeness (QED) is 0.547. The van der Waals surface area contributed by atoms with Gasteiger partial charge in [0.05, 0.1) is 0 Å². The third-order valence-corrected chi connectivity index (χ3v) is 7.78. The topological polar surface area (TPSA) is 0 Å². The molecule has 3 fully saturated rings. The molecule has 3 saturated carbocycles. The minimum absolute atomic E-state index is 0.0644. The van der Waals surface area contributed by atoms with Crippen LogP contribution in [0.3, 0.4) is 0 Å². The molecule has 3 rings (SSSR count). The van der Waals surface area contributed by atoms with Crippen molar-refractivity contribution >= 4 is 55.1 Å². The summed E-state index contributed by atoms with van der Waals surface area (Å²) in [5, 5.41) is 0. The highest BCUT2D eigenvalue weighted by molar-refractivity contribution is 9.10. The lowest BCUT2D eigenvalue weighted by atomic mass is 10.0. The molecular weight excluding hydrogens is 351 g/mol. The van der Waals surface area contributed by atoms with Crippen molar-refractivity contribution in [3.05, 3.63) is 0 Å². The first kappa shape index (κ1) is 10.7. The van der Waals surface area contributed by atoms with E-state index in [1.165, 1.54) is 25.7 Å². The van der Waals surface area contributed by atoms with Crippen LogP contribution in [0.15, 0.2) is 0 Å². The Morgan fingerprint density at radius 1 is 0.714 bits per heavy atom. The van der Waals surface area contributed by atoms with Gasteiger partial charge in [0.15, 0.2) is 0 Å². The summed E-state index contributed by atoms with van der Waals surface area (Å²) in [5.74, 6) is 2.74. The Kier molecular flexibility index (Phi) is 2.33. The molecule has 3 aliphatic carbocycles. The highest BCUT2D eigenvalue weighted by Gasteiger charge is 2.68. The van der Waals surface area contributed by atoms with Crippen molar-refractivity contribution in [3.63, 3.8) is 0 Å². The predicted molar refractivity (Wildman–Crippen MR) is 67.5 cm³/mol. The Morgan fingerprint density at radius 2 is 0.929 bits per heavy atom. The zero-order chi connectivity index (χ0) is 10.1. The van der Waals surface area contributed by atoms with Gasteiger partial charge in [-0.15, -0.1) is 23.2 Å². The normalized spacial score (nSPS) is 66.0. The molecule has 0 heterocycles. The van der Waals surface area contributed by atoms with Crippen LogP contribution in [0.2, 0.25) is 0 Å². The summed E-state index contributed by atoms with van der Waals surface area (Å²) in [4.78, 5) is 0. The van der Waals surface area contributed by atoms with Crippen molar-refractivity contribution < 1.29 is 0 Å². The molecule has 0 radical (unpaired) electrons. The average Bonchev–Trinajstić information content (AvgIpc) is 2.67. The summed E-state index contributed by atoms with van der Waals surface area (Å²) in [6.07, 6.45) is 4.95. The highest BCUT2D eigenvalue weighted by atomic mass is 79.9. The number of alkyl halides is 4. The fourth-order valence-electron chi connectivity index (χ4n) is 3.21. The number of fused-ring (bicyclic) bond motifs is 2. The van der Waals surface area contributed by atoms with E-state index < -0.39 is 0 Å². The number of hydrogen-bond donors (Lipinski definition) is 0. The van der Waals surface area contributed by atoms with Gasteiger partial charge in [-0.25, -0.2) is 0 Å². The van der Waals surface area contributed by atoms with E-state index in [0.717, 1.165) is 0 Å². The van der Waals surface area contributed by atoms with Gasteiger partial charge in [-0.2, -0.15) is 0 Å². The van der Waals surface area contributed by atoms with Crippen molar-refractivity contribution in [1.29, 1.82) is 0 Å². The molecular formula is C10H12Br2Cl2. The molecule has 0 aromatic rings. The minimum Gasteiger partial charge on any atom is -0.106 e. The van der Waals surface area contributed by atoms with E-state index in [9.17, 15) is 0 Å². The molecule has 14 heavy (non-hydrogen) atoms. The first-order valence-corrected chi connectivity index (χ1v) is 7.55. The van der Waals surface area contributed by atoms with Gasteiger partial charge < -0.3 is 0 Å². The Morgan fingerprint density at radius 3 is 1.14 bits per heavy atom. The van der Waals surface area contributed by atoms with Crippen LogP contribution in [0, 0.1) is 23.7 Å². The van der Waals surface area contributed by atoms with E-state index in [0.29, 0.717) is 23.7 Å². The number of rotatable bonds is 0. The molecule has 0 spiro atoms. The van der Waals surface area contributed by atoms with Crippen molar-refractivity contribution in [2.45, 2.75) is 33.3 Å². The van der Waals surface area contributed by atoms with Crippen molar-refractivity contribution in [3.8, 4) is 0 Å². The van der Waals surface area contributed by atoms with Crippen LogP contribution in [0.4, 0.5) is 0 Å². The molecule has 0 bridgehead atoms. The molecule has 0 amide bonds. The Bertz CT molecular complexity index is 225. The highest BCUT2D eigenvalue weighted by Crippen LogP contribution is 2.72. The van der Waals surface area contributed by atoms with E-state index in [1.54, 1.807) is 0 Å². The van der Waals surface area contributed by atoms with E-state index in [-0.39, 0.29) is 7.57 Å². The van der Waals surface area contributed by atoms with Crippen LogP contribution in [0.5, 0.6) is 0 Å². The van der Waals surface area contributed by atoms with Crippen LogP contribution in [0.25, 0.3) is 0 Å². The second-order valence-electron chi connectivity index (χ2n) is 4.93. The molecule has 4 unspecified atom stereocenters. The summed E-state index contributed by atoms with van der Waals surface area (Å²) in [6, 6.07) is 0. The molecule has 0 saturated heterocycles. The molecule has 3 aliphatic rings. The number of halogens is 4. The monoisotopic (exact) mass is 360 g/mol. The first-order chi connectivity index (χ1) is 6.45. The number of hydrogen-bond acceptors (Lipinski definition) is 0. The van der Waals surface area contributed by atoms with Crippen LogP contribution in [-0.2, 0) is 0 Å². The van der Waals surface area contributed by atoms with E-state index in [2.05, 4.69) is 31.9 Å². The smallest absolute Gasteiger partial charge is 0.106 e. The standard InChI is InChI=1S/C10H12Br2Cl2/c11-9(13)5-1-2-6-8(10(6,12)14)4-3-7(5)9/h5-8H,1-4H2. The average molecular weight is 363 g/mol. The van der Waals surface area contributed by atoms with Gasteiger partial charge in [-0.1, -0.05) is 31.9 Å². The predicted octanol–water partition coefficient (Wildman–Crippen LogP) is 4.71. The van der Waals surface area contributed by atoms with Crippen molar-refractivity contribution in [1.82, 2.24) is 0 Å². The summed E-state index contributed by atoms with van der Waals surface area (Å²) < 4.78 is -0.129. The van der Waals surface area contributed by atoms with Crippen molar-refractivity contribution in [2.24, 2.45) is 23.7 Å². The zero-order valence-electron chi connectivity index (χ0n) is 7.65. The summed E-state index contributed by atoms with van der Waals surface area (Å²) in [7, 11) is 0. The molecule has 80 valence electrons. The maximum absolute atomic E-state index is 6.36. The van der Waals surface area contributed by atoms with Crippen LogP contribution in [-0.4, -0.2) is 7.57 Å². The Hall–Kier alpha value is 1.54. The van der Waals surface area contributed by atoms with Gasteiger partial charge in [-0.05, 0) is 49.4 Å². The molecule has 0 nitrogen and oxygen atoms in total. The summed E-state index contributed by atoms with van der Waals surface area (Å²) in [5.41, 5.74) is 0. The van der Waals surface area contributed by atoms with Gasteiger partial charge >= 0.3 is 0 Å². The zero-order valence-corrected chi connectivity index (χ0v) is 12.3.